The second-order valence-electron chi connectivity index (χ2n) is 5.69. The van der Waals surface area contributed by atoms with Gasteiger partial charge in [0.2, 0.25) is 0 Å². The number of likely N-dealkylation sites (tertiary alicyclic amines) is 1. The molecule has 2 N–H and O–H groups in total. The highest BCUT2D eigenvalue weighted by Crippen LogP contribution is 2.24. The highest BCUT2D eigenvalue weighted by Gasteiger charge is 2.26. The van der Waals surface area contributed by atoms with Crippen molar-refractivity contribution in [2.45, 2.75) is 56.1 Å². The van der Waals surface area contributed by atoms with E-state index in [1.807, 2.05) is 11.8 Å². The van der Waals surface area contributed by atoms with E-state index in [-0.39, 0.29) is 0 Å². The second-order valence-corrected chi connectivity index (χ2v) is 6.78. The maximum atomic E-state index is 6.24. The van der Waals surface area contributed by atoms with Gasteiger partial charge in [0, 0.05) is 35.3 Å². The van der Waals surface area contributed by atoms with Gasteiger partial charge >= 0.3 is 0 Å². The van der Waals surface area contributed by atoms with E-state index in [9.17, 15) is 0 Å². The van der Waals surface area contributed by atoms with Crippen LogP contribution in [-0.4, -0.2) is 35.3 Å². The summed E-state index contributed by atoms with van der Waals surface area (Å²) < 4.78 is 0. The summed E-state index contributed by atoms with van der Waals surface area (Å²) in [6.45, 7) is 5.83. The first-order valence-corrected chi connectivity index (χ1v) is 8.34. The number of hydrogen-bond donors (Lipinski definition) is 1. The molecule has 1 aromatic rings. The summed E-state index contributed by atoms with van der Waals surface area (Å²) >= 11 is 1.87. The first-order chi connectivity index (χ1) is 9.16. The van der Waals surface area contributed by atoms with Crippen molar-refractivity contribution in [3.8, 4) is 0 Å². The van der Waals surface area contributed by atoms with Crippen molar-refractivity contribution in [1.82, 2.24) is 4.90 Å². The fourth-order valence-corrected chi connectivity index (χ4v) is 3.73. The molecule has 1 fully saturated rings. The lowest BCUT2D eigenvalue weighted by Gasteiger charge is -2.27. The van der Waals surface area contributed by atoms with Gasteiger partial charge in [-0.2, -0.15) is 0 Å². The molecule has 0 saturated carbocycles. The van der Waals surface area contributed by atoms with Crippen LogP contribution >= 0.6 is 11.8 Å². The van der Waals surface area contributed by atoms with Crippen molar-refractivity contribution < 1.29 is 0 Å². The number of rotatable bonds is 6. The van der Waals surface area contributed by atoms with Crippen molar-refractivity contribution in [2.24, 2.45) is 5.73 Å². The average Bonchev–Trinajstić information content (AvgIpc) is 2.75. The fourth-order valence-electron chi connectivity index (χ4n) is 2.81. The lowest BCUT2D eigenvalue weighted by atomic mass is 10.2. The lowest BCUT2D eigenvalue weighted by molar-refractivity contribution is 0.208. The summed E-state index contributed by atoms with van der Waals surface area (Å²) in [6, 6.07) is 12.3. The Morgan fingerprint density at radius 3 is 2.47 bits per heavy atom. The van der Waals surface area contributed by atoms with E-state index in [1.165, 1.54) is 17.7 Å². The molecule has 0 radical (unpaired) electrons. The molecule has 1 unspecified atom stereocenters. The zero-order chi connectivity index (χ0) is 13.7. The Kier molecular flexibility index (Phi) is 5.74. The van der Waals surface area contributed by atoms with E-state index in [4.69, 9.17) is 5.73 Å². The van der Waals surface area contributed by atoms with E-state index >= 15 is 0 Å². The Morgan fingerprint density at radius 1 is 1.21 bits per heavy atom. The van der Waals surface area contributed by atoms with Gasteiger partial charge < -0.3 is 5.73 Å². The SMILES string of the molecule is CC1CC[C@H](C)N1CC[C@@H](N)CSc1ccccc1. The van der Waals surface area contributed by atoms with Crippen LogP contribution in [0, 0.1) is 0 Å². The molecule has 1 heterocycles. The molecule has 0 amide bonds. The Hall–Kier alpha value is -0.510. The standard InChI is InChI=1S/C16H26N2S/c1-13-8-9-14(2)18(13)11-10-15(17)12-19-16-6-4-3-5-7-16/h3-7,13-15H,8-12,17H2,1-2H3/t13-,14?,15+/m0/s1. The zero-order valence-electron chi connectivity index (χ0n) is 12.1. The van der Waals surface area contributed by atoms with Crippen LogP contribution in [-0.2, 0) is 0 Å². The van der Waals surface area contributed by atoms with Crippen LogP contribution in [0.15, 0.2) is 35.2 Å². The largest absolute Gasteiger partial charge is 0.327 e. The molecular weight excluding hydrogens is 252 g/mol. The van der Waals surface area contributed by atoms with Gasteiger partial charge in [-0.3, -0.25) is 4.90 Å². The van der Waals surface area contributed by atoms with E-state index in [2.05, 4.69) is 49.1 Å². The van der Waals surface area contributed by atoms with Crippen LogP contribution in [0.25, 0.3) is 0 Å². The highest BCUT2D eigenvalue weighted by molar-refractivity contribution is 7.99. The molecule has 19 heavy (non-hydrogen) atoms. The summed E-state index contributed by atoms with van der Waals surface area (Å²) in [4.78, 5) is 3.94. The van der Waals surface area contributed by atoms with Gasteiger partial charge in [-0.25, -0.2) is 0 Å². The van der Waals surface area contributed by atoms with E-state index in [0.29, 0.717) is 6.04 Å². The van der Waals surface area contributed by atoms with Gasteiger partial charge in [0.15, 0.2) is 0 Å². The molecule has 1 saturated heterocycles. The zero-order valence-corrected chi connectivity index (χ0v) is 12.9. The van der Waals surface area contributed by atoms with Gasteiger partial charge in [-0.15, -0.1) is 11.8 Å². The van der Waals surface area contributed by atoms with Crippen molar-refractivity contribution in [1.29, 1.82) is 0 Å². The van der Waals surface area contributed by atoms with E-state index < -0.39 is 0 Å². The molecular formula is C16H26N2S. The van der Waals surface area contributed by atoms with E-state index in [0.717, 1.165) is 30.8 Å². The lowest BCUT2D eigenvalue weighted by Crippen LogP contribution is -2.37. The van der Waals surface area contributed by atoms with Crippen molar-refractivity contribution in [2.75, 3.05) is 12.3 Å². The first kappa shape index (κ1) is 14.9. The molecule has 1 aromatic carbocycles. The molecule has 2 nitrogen and oxygen atoms in total. The van der Waals surface area contributed by atoms with Gasteiger partial charge in [-0.1, -0.05) is 18.2 Å². The van der Waals surface area contributed by atoms with Crippen LogP contribution in [0.5, 0.6) is 0 Å². The van der Waals surface area contributed by atoms with Gasteiger partial charge in [0.1, 0.15) is 0 Å². The molecule has 0 aromatic heterocycles. The quantitative estimate of drug-likeness (QED) is 0.809. The molecule has 3 heteroatoms. The topological polar surface area (TPSA) is 29.3 Å². The third-order valence-corrected chi connectivity index (χ3v) is 5.30. The summed E-state index contributed by atoms with van der Waals surface area (Å²) in [5.41, 5.74) is 6.24. The number of thioether (sulfide) groups is 1. The molecule has 1 aliphatic heterocycles. The minimum atomic E-state index is 0.296. The third-order valence-electron chi connectivity index (χ3n) is 4.10. The number of nitrogens with zero attached hydrogens (tertiary/aromatic N) is 1. The molecule has 3 atom stereocenters. The van der Waals surface area contributed by atoms with Crippen LogP contribution in [0.1, 0.15) is 33.1 Å². The van der Waals surface area contributed by atoms with E-state index in [1.54, 1.807) is 0 Å². The minimum absolute atomic E-state index is 0.296. The maximum absolute atomic E-state index is 6.24. The van der Waals surface area contributed by atoms with Crippen LogP contribution in [0.4, 0.5) is 0 Å². The van der Waals surface area contributed by atoms with Crippen LogP contribution in [0.3, 0.4) is 0 Å². The molecule has 106 valence electrons. The third kappa shape index (κ3) is 4.51. The predicted octanol–water partition coefficient (Wildman–Crippen LogP) is 3.37. The monoisotopic (exact) mass is 278 g/mol. The molecule has 0 spiro atoms. The Balaban J connectivity index is 1.68. The molecule has 1 aliphatic rings. The van der Waals surface area contributed by atoms with Crippen molar-refractivity contribution in [3.05, 3.63) is 30.3 Å². The molecule has 0 aliphatic carbocycles. The first-order valence-electron chi connectivity index (χ1n) is 7.36. The van der Waals surface area contributed by atoms with Gasteiger partial charge in [0.05, 0.1) is 0 Å². The number of nitrogens with two attached hydrogens (primary N) is 1. The Morgan fingerprint density at radius 2 is 1.84 bits per heavy atom. The fraction of sp³-hybridized carbons (Fsp3) is 0.625. The van der Waals surface area contributed by atoms with Crippen LogP contribution < -0.4 is 5.73 Å². The molecule has 2 rings (SSSR count). The summed E-state index contributed by atoms with van der Waals surface area (Å²) in [5, 5.41) is 0. The smallest absolute Gasteiger partial charge is 0.0146 e. The van der Waals surface area contributed by atoms with Crippen molar-refractivity contribution in [3.63, 3.8) is 0 Å². The number of hydrogen-bond acceptors (Lipinski definition) is 3. The highest BCUT2D eigenvalue weighted by atomic mass is 32.2. The Bertz CT molecular complexity index is 358. The Labute approximate surface area is 121 Å². The molecule has 0 bridgehead atoms. The normalized spacial score (nSPS) is 25.6. The summed E-state index contributed by atoms with van der Waals surface area (Å²) in [6.07, 6.45) is 3.79. The summed E-state index contributed by atoms with van der Waals surface area (Å²) in [5.74, 6) is 1.01. The summed E-state index contributed by atoms with van der Waals surface area (Å²) in [7, 11) is 0. The van der Waals surface area contributed by atoms with Gasteiger partial charge in [0.25, 0.3) is 0 Å². The number of benzene rings is 1. The average molecular weight is 278 g/mol. The minimum Gasteiger partial charge on any atom is -0.327 e. The van der Waals surface area contributed by atoms with Crippen LogP contribution in [0.2, 0.25) is 0 Å². The maximum Gasteiger partial charge on any atom is 0.0146 e. The predicted molar refractivity (Wildman–Crippen MR) is 84.6 cm³/mol. The second kappa shape index (κ2) is 7.32. The van der Waals surface area contributed by atoms with Gasteiger partial charge in [-0.05, 0) is 45.2 Å². The van der Waals surface area contributed by atoms with Crippen molar-refractivity contribution >= 4 is 11.8 Å².